The number of aliphatic hydroxyl groups is 1. The zero-order chi connectivity index (χ0) is 20.0. The number of hydrogen-bond acceptors (Lipinski definition) is 4. The molecular formula is C21H20FN3O3. The van der Waals surface area contributed by atoms with Crippen molar-refractivity contribution in [3.05, 3.63) is 70.2 Å². The maximum Gasteiger partial charge on any atom is 0.273 e. The van der Waals surface area contributed by atoms with Gasteiger partial charge in [0.1, 0.15) is 23.0 Å². The first-order valence-electron chi connectivity index (χ1n) is 8.99. The molecule has 2 aromatic carbocycles. The number of phenolic OH excluding ortho intramolecular Hbond substituents is 1. The molecule has 28 heavy (non-hydrogen) atoms. The number of β-amino-alcohol motifs (C(OH)–C–C–N with tert-alkyl or cyclic N) is 1. The normalized spacial score (nSPS) is 15.9. The fraction of sp³-hybridized carbons (Fsp3) is 0.238. The number of aromatic amines is 1. The van der Waals surface area contributed by atoms with Gasteiger partial charge >= 0.3 is 0 Å². The van der Waals surface area contributed by atoms with E-state index in [-0.39, 0.29) is 30.5 Å². The lowest BCUT2D eigenvalue weighted by Gasteiger charge is -2.26. The van der Waals surface area contributed by atoms with Crippen molar-refractivity contribution in [3.63, 3.8) is 0 Å². The Kier molecular flexibility index (Phi) is 4.39. The second kappa shape index (κ2) is 6.76. The van der Waals surface area contributed by atoms with Gasteiger partial charge in [0, 0.05) is 23.2 Å². The van der Waals surface area contributed by atoms with E-state index in [1.807, 2.05) is 19.9 Å². The molecule has 1 aliphatic heterocycles. The van der Waals surface area contributed by atoms with Crippen molar-refractivity contribution >= 4 is 5.91 Å². The smallest absolute Gasteiger partial charge is 0.273 e. The summed E-state index contributed by atoms with van der Waals surface area (Å²) in [5, 5.41) is 27.0. The second-order valence-corrected chi connectivity index (χ2v) is 6.98. The van der Waals surface area contributed by atoms with Crippen LogP contribution in [0, 0.1) is 19.7 Å². The van der Waals surface area contributed by atoms with Crippen LogP contribution in [-0.4, -0.2) is 44.4 Å². The predicted octanol–water partition coefficient (Wildman–Crippen LogP) is 3.08. The van der Waals surface area contributed by atoms with Gasteiger partial charge in [-0.25, -0.2) is 4.39 Å². The minimum absolute atomic E-state index is 0.0483. The van der Waals surface area contributed by atoms with Crippen LogP contribution < -0.4 is 0 Å². The molecule has 1 amide bonds. The molecule has 3 N–H and O–H groups in total. The van der Waals surface area contributed by atoms with Crippen LogP contribution in [0.1, 0.15) is 38.8 Å². The SMILES string of the molecule is Cc1cc(C)c(-c2n[nH]c3c2[C@H](c2ccccc2F)N(CCO)C3=O)c(O)c1. The number of halogens is 1. The number of nitrogens with one attached hydrogen (secondary N) is 1. The molecular weight excluding hydrogens is 361 g/mol. The molecule has 0 bridgehead atoms. The summed E-state index contributed by atoms with van der Waals surface area (Å²) in [5.74, 6) is -0.763. The molecule has 3 aromatic rings. The number of hydrogen-bond donors (Lipinski definition) is 3. The van der Waals surface area contributed by atoms with E-state index in [4.69, 9.17) is 0 Å². The largest absolute Gasteiger partial charge is 0.507 e. The highest BCUT2D eigenvalue weighted by molar-refractivity contribution is 6.00. The van der Waals surface area contributed by atoms with Crippen molar-refractivity contribution in [1.29, 1.82) is 0 Å². The number of carbonyl (C=O) groups excluding carboxylic acids is 1. The highest BCUT2D eigenvalue weighted by Gasteiger charge is 2.43. The maximum absolute atomic E-state index is 14.6. The number of rotatable bonds is 4. The van der Waals surface area contributed by atoms with Crippen LogP contribution in [0.25, 0.3) is 11.3 Å². The first kappa shape index (κ1) is 18.2. The number of benzene rings is 2. The van der Waals surface area contributed by atoms with Crippen LogP contribution in [0.15, 0.2) is 36.4 Å². The van der Waals surface area contributed by atoms with E-state index >= 15 is 0 Å². The van der Waals surface area contributed by atoms with E-state index in [9.17, 15) is 19.4 Å². The first-order chi connectivity index (χ1) is 13.4. The minimum Gasteiger partial charge on any atom is -0.507 e. The number of aromatic hydroxyl groups is 1. The molecule has 0 aliphatic carbocycles. The molecule has 0 fully saturated rings. The van der Waals surface area contributed by atoms with Crippen LogP contribution in [0.2, 0.25) is 0 Å². The monoisotopic (exact) mass is 381 g/mol. The average Bonchev–Trinajstić information content (AvgIpc) is 3.16. The fourth-order valence-corrected chi connectivity index (χ4v) is 4.00. The summed E-state index contributed by atoms with van der Waals surface area (Å²) in [6.45, 7) is 3.53. The van der Waals surface area contributed by atoms with Gasteiger partial charge in [-0.15, -0.1) is 0 Å². The number of aryl methyl sites for hydroxylation is 2. The van der Waals surface area contributed by atoms with Gasteiger partial charge in [-0.1, -0.05) is 24.3 Å². The first-order valence-corrected chi connectivity index (χ1v) is 8.99. The Morgan fingerprint density at radius 1 is 1.25 bits per heavy atom. The summed E-state index contributed by atoms with van der Waals surface area (Å²) in [5.41, 5.74) is 3.67. The fourth-order valence-electron chi connectivity index (χ4n) is 4.00. The highest BCUT2D eigenvalue weighted by atomic mass is 19.1. The number of aliphatic hydroxyl groups excluding tert-OH is 1. The molecule has 7 heteroatoms. The molecule has 0 unspecified atom stereocenters. The third-order valence-corrected chi connectivity index (χ3v) is 5.10. The van der Waals surface area contributed by atoms with Crippen LogP contribution >= 0.6 is 0 Å². The lowest BCUT2D eigenvalue weighted by molar-refractivity contribution is 0.0704. The zero-order valence-electron chi connectivity index (χ0n) is 15.5. The standard InChI is InChI=1S/C21H20FN3O3/c1-11-9-12(2)16(15(27)10-11)18-17-19(24-23-18)21(28)25(7-8-26)20(17)13-5-3-4-6-14(13)22/h3-6,9-10,20,26-27H,7-8H2,1-2H3,(H,23,24)/t20-/m0/s1. The van der Waals surface area contributed by atoms with Gasteiger partial charge in [-0.05, 0) is 37.1 Å². The molecule has 144 valence electrons. The minimum atomic E-state index is -0.746. The number of phenols is 1. The molecule has 0 radical (unpaired) electrons. The number of amides is 1. The summed E-state index contributed by atoms with van der Waals surface area (Å²) in [4.78, 5) is 14.3. The summed E-state index contributed by atoms with van der Waals surface area (Å²) < 4.78 is 14.6. The van der Waals surface area contributed by atoms with Crippen molar-refractivity contribution in [2.24, 2.45) is 0 Å². The number of carbonyl (C=O) groups is 1. The number of aromatic nitrogens is 2. The summed E-state index contributed by atoms with van der Waals surface area (Å²) in [6, 6.07) is 9.03. The quantitative estimate of drug-likeness (QED) is 0.648. The Morgan fingerprint density at radius 2 is 2.00 bits per heavy atom. The van der Waals surface area contributed by atoms with E-state index in [0.717, 1.165) is 11.1 Å². The Hall–Kier alpha value is -3.19. The molecule has 4 rings (SSSR count). The van der Waals surface area contributed by atoms with Crippen molar-refractivity contribution in [2.45, 2.75) is 19.9 Å². The van der Waals surface area contributed by atoms with Gasteiger partial charge < -0.3 is 15.1 Å². The average molecular weight is 381 g/mol. The van der Waals surface area contributed by atoms with Gasteiger partial charge in [-0.3, -0.25) is 9.89 Å². The second-order valence-electron chi connectivity index (χ2n) is 6.98. The molecule has 2 heterocycles. The lowest BCUT2D eigenvalue weighted by Crippen LogP contribution is -2.32. The predicted molar refractivity (Wildman–Crippen MR) is 102 cm³/mol. The number of fused-ring (bicyclic) bond motifs is 1. The third-order valence-electron chi connectivity index (χ3n) is 5.10. The number of nitrogens with zero attached hydrogens (tertiary/aromatic N) is 2. The van der Waals surface area contributed by atoms with Crippen molar-refractivity contribution < 1.29 is 19.4 Å². The summed E-state index contributed by atoms with van der Waals surface area (Å²) >= 11 is 0. The van der Waals surface area contributed by atoms with E-state index in [1.54, 1.807) is 24.3 Å². The van der Waals surface area contributed by atoms with Crippen LogP contribution in [0.5, 0.6) is 5.75 Å². The van der Waals surface area contributed by atoms with Crippen molar-refractivity contribution in [2.75, 3.05) is 13.2 Å². The van der Waals surface area contributed by atoms with Gasteiger partial charge in [0.2, 0.25) is 0 Å². The van der Waals surface area contributed by atoms with Crippen LogP contribution in [-0.2, 0) is 0 Å². The Balaban J connectivity index is 1.97. The molecule has 6 nitrogen and oxygen atoms in total. The maximum atomic E-state index is 14.6. The Labute approximate surface area is 161 Å². The molecule has 1 aromatic heterocycles. The summed E-state index contributed by atoms with van der Waals surface area (Å²) in [6.07, 6.45) is 0. The van der Waals surface area contributed by atoms with E-state index in [1.165, 1.54) is 11.0 Å². The van der Waals surface area contributed by atoms with Crippen LogP contribution in [0.4, 0.5) is 4.39 Å². The Bertz CT molecular complexity index is 1050. The lowest BCUT2D eigenvalue weighted by atomic mass is 9.93. The van der Waals surface area contributed by atoms with Gasteiger partial charge in [0.25, 0.3) is 5.91 Å². The van der Waals surface area contributed by atoms with Crippen LogP contribution in [0.3, 0.4) is 0 Å². The van der Waals surface area contributed by atoms with E-state index in [2.05, 4.69) is 10.2 Å². The third kappa shape index (κ3) is 2.66. The summed E-state index contributed by atoms with van der Waals surface area (Å²) in [7, 11) is 0. The molecule has 0 saturated heterocycles. The van der Waals surface area contributed by atoms with E-state index < -0.39 is 11.9 Å². The molecule has 0 saturated carbocycles. The van der Waals surface area contributed by atoms with Crippen molar-refractivity contribution in [1.82, 2.24) is 15.1 Å². The van der Waals surface area contributed by atoms with E-state index in [0.29, 0.717) is 22.4 Å². The zero-order valence-corrected chi connectivity index (χ0v) is 15.5. The molecule has 0 spiro atoms. The highest BCUT2D eigenvalue weighted by Crippen LogP contribution is 2.45. The molecule has 1 atom stereocenters. The van der Waals surface area contributed by atoms with Gasteiger partial charge in [0.15, 0.2) is 0 Å². The molecule has 1 aliphatic rings. The number of H-pyrrole nitrogens is 1. The van der Waals surface area contributed by atoms with Gasteiger partial charge in [-0.2, -0.15) is 5.10 Å². The topological polar surface area (TPSA) is 89.5 Å². The Morgan fingerprint density at radius 3 is 2.68 bits per heavy atom. The van der Waals surface area contributed by atoms with Gasteiger partial charge in [0.05, 0.1) is 12.6 Å². The van der Waals surface area contributed by atoms with Crippen molar-refractivity contribution in [3.8, 4) is 17.0 Å².